The fourth-order valence-corrected chi connectivity index (χ4v) is 3.97. The summed E-state index contributed by atoms with van der Waals surface area (Å²) in [7, 11) is 0. The van der Waals surface area contributed by atoms with Gasteiger partial charge in [-0.05, 0) is 63.1 Å². The lowest BCUT2D eigenvalue weighted by Gasteiger charge is -2.30. The van der Waals surface area contributed by atoms with Crippen LogP contribution in [0.5, 0.6) is 0 Å². The van der Waals surface area contributed by atoms with E-state index in [9.17, 15) is 4.79 Å². The van der Waals surface area contributed by atoms with Crippen LogP contribution in [-0.4, -0.2) is 28.9 Å². The number of carbonyl (C=O) groups is 1. The van der Waals surface area contributed by atoms with Gasteiger partial charge < -0.3 is 4.90 Å². The molecule has 1 saturated heterocycles. The van der Waals surface area contributed by atoms with Crippen molar-refractivity contribution < 1.29 is 4.79 Å². The molecule has 1 amide bonds. The zero-order chi connectivity index (χ0) is 16.7. The van der Waals surface area contributed by atoms with Crippen LogP contribution in [-0.2, 0) is 12.8 Å². The zero-order valence-electron chi connectivity index (χ0n) is 14.4. The molecule has 2 heterocycles. The third-order valence-corrected chi connectivity index (χ3v) is 5.39. The number of benzene rings is 1. The second-order valence-corrected chi connectivity index (χ2v) is 7.18. The quantitative estimate of drug-likeness (QED) is 0.737. The van der Waals surface area contributed by atoms with Crippen molar-refractivity contribution >= 4 is 16.8 Å². The predicted molar refractivity (Wildman–Crippen MR) is 97.4 cm³/mol. The molecule has 1 aliphatic carbocycles. The number of carbonyl (C=O) groups excluding carboxylic acids is 1. The van der Waals surface area contributed by atoms with Gasteiger partial charge >= 0.3 is 0 Å². The third kappa shape index (κ3) is 2.62. The number of rotatable bonds is 1. The van der Waals surface area contributed by atoms with E-state index in [0.717, 1.165) is 67.4 Å². The van der Waals surface area contributed by atoms with Gasteiger partial charge in [0.05, 0.1) is 11.1 Å². The minimum absolute atomic E-state index is 0.193. The van der Waals surface area contributed by atoms with Crippen LogP contribution in [0.3, 0.4) is 0 Å². The Morgan fingerprint density at radius 1 is 1.12 bits per heavy atom. The molecule has 0 spiro atoms. The highest BCUT2D eigenvalue weighted by Gasteiger charge is 2.27. The van der Waals surface area contributed by atoms with Crippen molar-refractivity contribution in [3.63, 3.8) is 0 Å². The number of pyridine rings is 1. The molecular weight excluding hydrogens is 296 g/mol. The summed E-state index contributed by atoms with van der Waals surface area (Å²) >= 11 is 0. The minimum atomic E-state index is 0.193. The average molecular weight is 320 g/mol. The van der Waals surface area contributed by atoms with Crippen molar-refractivity contribution in [1.82, 2.24) is 9.88 Å². The Balaban J connectivity index is 1.87. The van der Waals surface area contributed by atoms with E-state index >= 15 is 0 Å². The first-order chi connectivity index (χ1) is 11.6. The number of nitrogens with zero attached hydrogens (tertiary/aromatic N) is 2. The molecule has 2 aliphatic rings. The number of hydrogen-bond acceptors (Lipinski definition) is 2. The summed E-state index contributed by atoms with van der Waals surface area (Å²) in [4.78, 5) is 20.3. The van der Waals surface area contributed by atoms with E-state index in [1.165, 1.54) is 23.1 Å². The maximum atomic E-state index is 13.4. The van der Waals surface area contributed by atoms with Gasteiger partial charge in [-0.2, -0.15) is 0 Å². The van der Waals surface area contributed by atoms with Gasteiger partial charge in [-0.15, -0.1) is 0 Å². The first-order valence-corrected chi connectivity index (χ1v) is 9.01. The van der Waals surface area contributed by atoms with Crippen LogP contribution >= 0.6 is 0 Å². The fourth-order valence-electron chi connectivity index (χ4n) is 3.97. The summed E-state index contributed by atoms with van der Waals surface area (Å²) in [5, 5.41) is 1.03. The summed E-state index contributed by atoms with van der Waals surface area (Å²) in [5.41, 5.74) is 6.67. The highest BCUT2D eigenvalue weighted by molar-refractivity contribution is 6.08. The molecule has 0 saturated carbocycles. The molecule has 1 fully saturated rings. The van der Waals surface area contributed by atoms with Gasteiger partial charge in [0.1, 0.15) is 0 Å². The number of aryl methyl sites for hydroxylation is 2. The summed E-state index contributed by atoms with van der Waals surface area (Å²) < 4.78 is 0. The third-order valence-electron chi connectivity index (χ3n) is 5.39. The molecule has 0 atom stereocenters. The Labute approximate surface area is 143 Å². The van der Waals surface area contributed by atoms with Crippen LogP contribution < -0.4 is 0 Å². The monoisotopic (exact) mass is 320 g/mol. The molecule has 0 unspecified atom stereocenters. The van der Waals surface area contributed by atoms with Crippen LogP contribution in [0.15, 0.2) is 30.4 Å². The Morgan fingerprint density at radius 3 is 2.67 bits per heavy atom. The van der Waals surface area contributed by atoms with Gasteiger partial charge in [0.15, 0.2) is 0 Å². The standard InChI is InChI=1S/C21H24N2O/c1-14-9-11-23(12-10-14)21(24)20-16-5-3-4-6-18(16)22-19-8-7-15(2)13-17(19)20/h7-8,13H,1,3-6,9-12H2,2H3. The lowest BCUT2D eigenvalue weighted by molar-refractivity contribution is 0.0744. The van der Waals surface area contributed by atoms with Crippen LogP contribution in [0.2, 0.25) is 0 Å². The highest BCUT2D eigenvalue weighted by atomic mass is 16.2. The molecule has 24 heavy (non-hydrogen) atoms. The molecule has 1 aromatic carbocycles. The molecule has 1 aromatic heterocycles. The molecule has 0 N–H and O–H groups in total. The van der Waals surface area contributed by atoms with Crippen molar-refractivity contribution in [2.45, 2.75) is 45.4 Å². The predicted octanol–water partition coefficient (Wildman–Crippen LogP) is 4.21. The lowest BCUT2D eigenvalue weighted by Crippen LogP contribution is -2.37. The number of hydrogen-bond donors (Lipinski definition) is 0. The SMILES string of the molecule is C=C1CCN(C(=O)c2c3c(nc4ccc(C)cc24)CCCC3)CC1. The first-order valence-electron chi connectivity index (χ1n) is 9.01. The fraction of sp³-hybridized carbons (Fsp3) is 0.429. The molecule has 4 rings (SSSR count). The number of fused-ring (bicyclic) bond motifs is 2. The molecule has 1 aliphatic heterocycles. The Bertz CT molecular complexity index is 827. The van der Waals surface area contributed by atoms with Crippen molar-refractivity contribution in [2.24, 2.45) is 0 Å². The van der Waals surface area contributed by atoms with E-state index in [1.807, 2.05) is 4.90 Å². The van der Waals surface area contributed by atoms with E-state index in [2.05, 4.69) is 31.7 Å². The van der Waals surface area contributed by atoms with Crippen molar-refractivity contribution in [2.75, 3.05) is 13.1 Å². The van der Waals surface area contributed by atoms with Crippen LogP contribution in [0.1, 0.15) is 52.9 Å². The Morgan fingerprint density at radius 2 is 1.88 bits per heavy atom. The van der Waals surface area contributed by atoms with Gasteiger partial charge in [-0.25, -0.2) is 0 Å². The maximum absolute atomic E-state index is 13.4. The van der Waals surface area contributed by atoms with E-state index in [4.69, 9.17) is 4.98 Å². The first kappa shape index (κ1) is 15.4. The Kier molecular flexibility index (Phi) is 3.87. The molecule has 0 radical (unpaired) electrons. The van der Waals surface area contributed by atoms with Gasteiger partial charge in [0.2, 0.25) is 0 Å². The summed E-state index contributed by atoms with van der Waals surface area (Å²) in [6, 6.07) is 6.28. The maximum Gasteiger partial charge on any atom is 0.254 e. The van der Waals surface area contributed by atoms with E-state index in [0.29, 0.717) is 0 Å². The van der Waals surface area contributed by atoms with Gasteiger partial charge in [0, 0.05) is 24.2 Å². The second kappa shape index (κ2) is 6.04. The Hall–Kier alpha value is -2.16. The molecule has 0 bridgehead atoms. The zero-order valence-corrected chi connectivity index (χ0v) is 14.4. The number of amides is 1. The smallest absolute Gasteiger partial charge is 0.254 e. The van der Waals surface area contributed by atoms with Gasteiger partial charge in [0.25, 0.3) is 5.91 Å². The number of aromatic nitrogens is 1. The molecular formula is C21H24N2O. The van der Waals surface area contributed by atoms with Crippen LogP contribution in [0, 0.1) is 6.92 Å². The van der Waals surface area contributed by atoms with Crippen molar-refractivity contribution in [3.05, 3.63) is 52.7 Å². The summed E-state index contributed by atoms with van der Waals surface area (Å²) in [6.45, 7) is 7.73. The van der Waals surface area contributed by atoms with Crippen molar-refractivity contribution in [1.29, 1.82) is 0 Å². The summed E-state index contributed by atoms with van der Waals surface area (Å²) in [5.74, 6) is 0.193. The van der Waals surface area contributed by atoms with E-state index < -0.39 is 0 Å². The molecule has 2 aromatic rings. The lowest BCUT2D eigenvalue weighted by atomic mass is 9.88. The van der Waals surface area contributed by atoms with E-state index in [-0.39, 0.29) is 5.91 Å². The van der Waals surface area contributed by atoms with Crippen molar-refractivity contribution in [3.8, 4) is 0 Å². The largest absolute Gasteiger partial charge is 0.338 e. The topological polar surface area (TPSA) is 33.2 Å². The normalized spacial score (nSPS) is 17.9. The highest BCUT2D eigenvalue weighted by Crippen LogP contribution is 2.31. The molecule has 3 heteroatoms. The average Bonchev–Trinajstić information content (AvgIpc) is 2.60. The second-order valence-electron chi connectivity index (χ2n) is 7.18. The van der Waals surface area contributed by atoms with Crippen LogP contribution in [0.25, 0.3) is 10.9 Å². The number of piperidine rings is 1. The van der Waals surface area contributed by atoms with Gasteiger partial charge in [-0.3, -0.25) is 9.78 Å². The summed E-state index contributed by atoms with van der Waals surface area (Å²) in [6.07, 6.45) is 6.16. The van der Waals surface area contributed by atoms with Gasteiger partial charge in [-0.1, -0.05) is 23.8 Å². The number of likely N-dealkylation sites (tertiary alicyclic amines) is 1. The molecule has 3 nitrogen and oxygen atoms in total. The molecule has 124 valence electrons. The minimum Gasteiger partial charge on any atom is -0.338 e. The van der Waals surface area contributed by atoms with E-state index in [1.54, 1.807) is 0 Å². The van der Waals surface area contributed by atoms with Crippen LogP contribution in [0.4, 0.5) is 0 Å².